The zero-order valence-corrected chi connectivity index (χ0v) is 11.5. The number of amides is 1. The molecule has 0 spiro atoms. The lowest BCUT2D eigenvalue weighted by molar-refractivity contribution is 0.0691. The van der Waals surface area contributed by atoms with Crippen LogP contribution in [0, 0.1) is 5.95 Å². The van der Waals surface area contributed by atoms with E-state index in [0.29, 0.717) is 30.8 Å². The maximum atomic E-state index is 12.9. The van der Waals surface area contributed by atoms with Gasteiger partial charge in [-0.3, -0.25) is 4.79 Å². The molecule has 0 bridgehead atoms. The fraction of sp³-hybridized carbons (Fsp3) is 0.455. The number of ether oxygens (including phenoxy) is 2. The topological polar surface area (TPSA) is 60.5 Å². The Hall–Kier alpha value is -1.05. The molecular formula is C11H14BrFN2O3. The van der Waals surface area contributed by atoms with Crippen LogP contribution in [0.3, 0.4) is 0 Å². The number of aromatic nitrogens is 1. The second kappa shape index (κ2) is 8.12. The molecule has 7 heteroatoms. The first kappa shape index (κ1) is 15.0. The summed E-state index contributed by atoms with van der Waals surface area (Å²) in [5, 5.41) is 2.58. The number of methoxy groups -OCH3 is 1. The summed E-state index contributed by atoms with van der Waals surface area (Å²) in [6.45, 7) is 1.66. The van der Waals surface area contributed by atoms with Crippen molar-refractivity contribution in [2.75, 3.05) is 33.5 Å². The van der Waals surface area contributed by atoms with Gasteiger partial charge in [-0.2, -0.15) is 4.39 Å². The highest BCUT2D eigenvalue weighted by Crippen LogP contribution is 2.14. The summed E-state index contributed by atoms with van der Waals surface area (Å²) in [4.78, 5) is 15.2. The average molecular weight is 321 g/mol. The lowest BCUT2D eigenvalue weighted by Crippen LogP contribution is -2.28. The van der Waals surface area contributed by atoms with Gasteiger partial charge in [0.1, 0.15) is 5.69 Å². The standard InChI is InChI=1S/C11H14BrFN2O3/c1-17-6-7-18-5-4-14-11(16)10-8(12)2-3-9(13)15-10/h2-3H,4-7H2,1H3,(H,14,16). The van der Waals surface area contributed by atoms with Gasteiger partial charge in [-0.05, 0) is 28.1 Å². The molecule has 1 rings (SSSR count). The Balaban J connectivity index is 2.34. The number of carbonyl (C=O) groups is 1. The average Bonchev–Trinajstić information content (AvgIpc) is 2.36. The first-order chi connectivity index (χ1) is 8.65. The van der Waals surface area contributed by atoms with Crippen LogP contribution in [-0.4, -0.2) is 44.4 Å². The Kier molecular flexibility index (Phi) is 6.77. The largest absolute Gasteiger partial charge is 0.382 e. The van der Waals surface area contributed by atoms with Gasteiger partial charge in [0.25, 0.3) is 5.91 Å². The molecular weight excluding hydrogens is 307 g/mol. The van der Waals surface area contributed by atoms with E-state index >= 15 is 0 Å². The molecule has 0 aliphatic carbocycles. The molecule has 0 saturated heterocycles. The van der Waals surface area contributed by atoms with Crippen molar-refractivity contribution in [1.82, 2.24) is 10.3 Å². The summed E-state index contributed by atoms with van der Waals surface area (Å²) in [6.07, 6.45) is 0. The maximum Gasteiger partial charge on any atom is 0.271 e. The van der Waals surface area contributed by atoms with Gasteiger partial charge in [0.05, 0.1) is 19.8 Å². The molecule has 5 nitrogen and oxygen atoms in total. The van der Waals surface area contributed by atoms with Crippen molar-refractivity contribution in [3.05, 3.63) is 28.2 Å². The lowest BCUT2D eigenvalue weighted by Gasteiger charge is -2.06. The molecule has 0 saturated carbocycles. The molecule has 100 valence electrons. The van der Waals surface area contributed by atoms with E-state index in [1.165, 1.54) is 12.1 Å². The number of nitrogens with zero attached hydrogens (tertiary/aromatic N) is 1. The highest BCUT2D eigenvalue weighted by atomic mass is 79.9. The molecule has 18 heavy (non-hydrogen) atoms. The number of halogens is 2. The lowest BCUT2D eigenvalue weighted by atomic mass is 10.3. The van der Waals surface area contributed by atoms with E-state index in [2.05, 4.69) is 26.2 Å². The first-order valence-electron chi connectivity index (χ1n) is 5.32. The van der Waals surface area contributed by atoms with Gasteiger partial charge >= 0.3 is 0 Å². The monoisotopic (exact) mass is 320 g/mol. The fourth-order valence-electron chi connectivity index (χ4n) is 1.14. The molecule has 1 heterocycles. The zero-order chi connectivity index (χ0) is 13.4. The molecule has 1 amide bonds. The maximum absolute atomic E-state index is 12.9. The third-order valence-corrected chi connectivity index (χ3v) is 2.63. The molecule has 0 radical (unpaired) electrons. The van der Waals surface area contributed by atoms with Crippen molar-refractivity contribution in [1.29, 1.82) is 0 Å². The first-order valence-corrected chi connectivity index (χ1v) is 6.11. The molecule has 1 aromatic rings. The minimum Gasteiger partial charge on any atom is -0.382 e. The van der Waals surface area contributed by atoms with E-state index in [-0.39, 0.29) is 5.69 Å². The quantitative estimate of drug-likeness (QED) is 0.609. The van der Waals surface area contributed by atoms with Crippen LogP contribution < -0.4 is 5.32 Å². The number of pyridine rings is 1. The summed E-state index contributed by atoms with van der Waals surface area (Å²) in [6, 6.07) is 2.61. The summed E-state index contributed by atoms with van der Waals surface area (Å²) in [5.74, 6) is -1.14. The van der Waals surface area contributed by atoms with Gasteiger partial charge in [0.2, 0.25) is 5.95 Å². The highest BCUT2D eigenvalue weighted by Gasteiger charge is 2.12. The highest BCUT2D eigenvalue weighted by molar-refractivity contribution is 9.10. The summed E-state index contributed by atoms with van der Waals surface area (Å²) in [7, 11) is 1.58. The molecule has 0 unspecified atom stereocenters. The van der Waals surface area contributed by atoms with Gasteiger partial charge in [-0.25, -0.2) is 4.98 Å². The number of hydrogen-bond donors (Lipinski definition) is 1. The third kappa shape index (κ3) is 5.07. The second-order valence-corrected chi connectivity index (χ2v) is 4.18. The predicted octanol–water partition coefficient (Wildman–Crippen LogP) is 1.38. The van der Waals surface area contributed by atoms with E-state index < -0.39 is 11.9 Å². The van der Waals surface area contributed by atoms with Crippen LogP contribution in [0.5, 0.6) is 0 Å². The number of nitrogens with one attached hydrogen (secondary N) is 1. The van der Waals surface area contributed by atoms with Crippen molar-refractivity contribution in [2.24, 2.45) is 0 Å². The number of hydrogen-bond acceptors (Lipinski definition) is 4. The smallest absolute Gasteiger partial charge is 0.271 e. The van der Waals surface area contributed by atoms with Crippen LogP contribution >= 0.6 is 15.9 Å². The number of carbonyl (C=O) groups excluding carboxylic acids is 1. The van der Waals surface area contributed by atoms with E-state index in [9.17, 15) is 9.18 Å². The summed E-state index contributed by atoms with van der Waals surface area (Å²) < 4.78 is 23.3. The van der Waals surface area contributed by atoms with Crippen LogP contribution in [0.2, 0.25) is 0 Å². The predicted molar refractivity (Wildman–Crippen MR) is 66.9 cm³/mol. The van der Waals surface area contributed by atoms with E-state index in [4.69, 9.17) is 9.47 Å². The zero-order valence-electron chi connectivity index (χ0n) is 9.91. The Labute approximate surface area is 113 Å². The molecule has 0 atom stereocenters. The Morgan fingerprint density at radius 2 is 2.22 bits per heavy atom. The van der Waals surface area contributed by atoms with Crippen LogP contribution in [0.1, 0.15) is 10.5 Å². The van der Waals surface area contributed by atoms with Crippen LogP contribution in [0.15, 0.2) is 16.6 Å². The van der Waals surface area contributed by atoms with Gasteiger partial charge < -0.3 is 14.8 Å². The van der Waals surface area contributed by atoms with Crippen molar-refractivity contribution < 1.29 is 18.7 Å². The summed E-state index contributed by atoms with van der Waals surface area (Å²) in [5.41, 5.74) is 0.0203. The van der Waals surface area contributed by atoms with E-state index in [0.717, 1.165) is 0 Å². The minimum atomic E-state index is -0.695. The van der Waals surface area contributed by atoms with Crippen molar-refractivity contribution >= 4 is 21.8 Å². The Morgan fingerprint density at radius 1 is 1.44 bits per heavy atom. The van der Waals surface area contributed by atoms with Crippen LogP contribution in [0.25, 0.3) is 0 Å². The molecule has 0 aliphatic rings. The van der Waals surface area contributed by atoms with Gasteiger partial charge in [0.15, 0.2) is 0 Å². The summed E-state index contributed by atoms with van der Waals surface area (Å²) >= 11 is 3.14. The SMILES string of the molecule is COCCOCCNC(=O)c1nc(F)ccc1Br. The van der Waals surface area contributed by atoms with Crippen molar-refractivity contribution in [3.8, 4) is 0 Å². The van der Waals surface area contributed by atoms with Gasteiger partial charge in [-0.15, -0.1) is 0 Å². The van der Waals surface area contributed by atoms with Crippen molar-refractivity contribution in [3.63, 3.8) is 0 Å². The van der Waals surface area contributed by atoms with Crippen LogP contribution in [-0.2, 0) is 9.47 Å². The van der Waals surface area contributed by atoms with Crippen molar-refractivity contribution in [2.45, 2.75) is 0 Å². The van der Waals surface area contributed by atoms with Gasteiger partial charge in [0, 0.05) is 18.1 Å². The van der Waals surface area contributed by atoms with E-state index in [1.807, 2.05) is 0 Å². The molecule has 1 aromatic heterocycles. The van der Waals surface area contributed by atoms with E-state index in [1.54, 1.807) is 7.11 Å². The van der Waals surface area contributed by atoms with Crippen LogP contribution in [0.4, 0.5) is 4.39 Å². The fourth-order valence-corrected chi connectivity index (χ4v) is 1.54. The molecule has 0 fully saturated rings. The Bertz CT molecular complexity index is 404. The molecule has 1 N–H and O–H groups in total. The molecule has 0 aromatic carbocycles. The normalized spacial score (nSPS) is 10.4. The molecule has 0 aliphatic heterocycles. The third-order valence-electron chi connectivity index (χ3n) is 1.99. The van der Waals surface area contributed by atoms with Gasteiger partial charge in [-0.1, -0.05) is 0 Å². The Morgan fingerprint density at radius 3 is 2.94 bits per heavy atom. The second-order valence-electron chi connectivity index (χ2n) is 3.33. The number of rotatable bonds is 7. The minimum absolute atomic E-state index is 0.0203.